The fourth-order valence-electron chi connectivity index (χ4n) is 1.08. The molecule has 0 spiro atoms. The van der Waals surface area contributed by atoms with Crippen LogP contribution < -0.4 is 4.24 Å². The molecule has 1 rings (SSSR count). The maximum atomic E-state index is 11.4. The Labute approximate surface area is 110 Å². The Morgan fingerprint density at radius 2 is 2.00 bits per heavy atom. The van der Waals surface area contributed by atoms with E-state index in [1.54, 1.807) is 0 Å². The lowest BCUT2D eigenvalue weighted by molar-refractivity contribution is -0.384. The molecule has 11 heteroatoms. The summed E-state index contributed by atoms with van der Waals surface area (Å²) in [5, 5.41) is 18.7. The van der Waals surface area contributed by atoms with Gasteiger partial charge in [0, 0.05) is 6.07 Å². The summed E-state index contributed by atoms with van der Waals surface area (Å²) >= 11 is 10.5. The zero-order valence-corrected chi connectivity index (χ0v) is 10.6. The Morgan fingerprint density at radius 3 is 2.39 bits per heavy atom. The van der Waals surface area contributed by atoms with Crippen LogP contribution in [0.5, 0.6) is 0 Å². The molecule has 0 unspecified atom stereocenters. The minimum Gasteiger partial charge on any atom is -0.478 e. The van der Waals surface area contributed by atoms with E-state index in [0.29, 0.717) is 12.1 Å². The lowest BCUT2D eigenvalue weighted by atomic mass is 10.2. The minimum atomic E-state index is -4.33. The van der Waals surface area contributed by atoms with E-state index < -0.39 is 42.1 Å². The third kappa shape index (κ3) is 2.70. The summed E-state index contributed by atoms with van der Waals surface area (Å²) in [5.74, 6) is -1.54. The summed E-state index contributed by atoms with van der Waals surface area (Å²) in [6.07, 6.45) is 0. The van der Waals surface area contributed by atoms with Crippen LogP contribution >= 0.6 is 23.4 Å². The number of carboxylic acids is 1. The fourth-order valence-corrected chi connectivity index (χ4v) is 2.51. The molecule has 1 aromatic rings. The predicted molar refractivity (Wildman–Crippen MR) is 61.2 cm³/mol. The van der Waals surface area contributed by atoms with Gasteiger partial charge in [-0.2, -0.15) is 0 Å². The van der Waals surface area contributed by atoms with Gasteiger partial charge in [-0.15, -0.1) is 4.24 Å². The molecule has 0 radical (unpaired) electrons. The molecular formula is C7H4Cl2N2O6S. The monoisotopic (exact) mass is 314 g/mol. The van der Waals surface area contributed by atoms with Crippen LogP contribution in [0.25, 0.3) is 0 Å². The molecule has 0 atom stereocenters. The van der Waals surface area contributed by atoms with Gasteiger partial charge in [0.1, 0.15) is 9.92 Å². The second kappa shape index (κ2) is 5.06. The molecule has 0 aliphatic carbocycles. The minimum absolute atomic E-state index is 0.600. The van der Waals surface area contributed by atoms with Gasteiger partial charge in [0.25, 0.3) is 15.7 Å². The first-order valence-corrected chi connectivity index (χ1v) is 6.28. The van der Waals surface area contributed by atoms with Crippen LogP contribution in [0.2, 0.25) is 5.02 Å². The number of nitro groups is 1. The first-order valence-electron chi connectivity index (χ1n) is 4.04. The van der Waals surface area contributed by atoms with Gasteiger partial charge in [-0.05, 0) is 17.8 Å². The van der Waals surface area contributed by atoms with E-state index in [2.05, 4.69) is 0 Å². The second-order valence-corrected chi connectivity index (χ2v) is 5.39. The maximum Gasteiger partial charge on any atom is 0.335 e. The van der Waals surface area contributed by atoms with Gasteiger partial charge >= 0.3 is 5.97 Å². The highest BCUT2D eigenvalue weighted by molar-refractivity contribution is 7.90. The maximum absolute atomic E-state index is 11.4. The number of halogens is 2. The van der Waals surface area contributed by atoms with Crippen molar-refractivity contribution in [3.8, 4) is 0 Å². The topological polar surface area (TPSA) is 127 Å². The largest absolute Gasteiger partial charge is 0.478 e. The van der Waals surface area contributed by atoms with Gasteiger partial charge in [0.2, 0.25) is 0 Å². The van der Waals surface area contributed by atoms with E-state index in [4.69, 9.17) is 28.5 Å². The van der Waals surface area contributed by atoms with E-state index in [-0.39, 0.29) is 0 Å². The van der Waals surface area contributed by atoms with Gasteiger partial charge in [-0.1, -0.05) is 11.6 Å². The first-order chi connectivity index (χ1) is 8.20. The highest BCUT2D eigenvalue weighted by Gasteiger charge is 2.27. The number of hydrogen-bond donors (Lipinski definition) is 2. The standard InChI is InChI=1S/C7H4Cl2N2O6S/c8-6-4(11(14)15)1-3(7(12)13)2-5(6)18(16,17)10-9/h1-2,10H,(H,12,13). The zero-order chi connectivity index (χ0) is 14.1. The van der Waals surface area contributed by atoms with Crippen molar-refractivity contribution in [3.05, 3.63) is 32.8 Å². The number of benzene rings is 1. The average molecular weight is 315 g/mol. The molecule has 8 nitrogen and oxygen atoms in total. The molecule has 0 amide bonds. The predicted octanol–water partition coefficient (Wildman–Crippen LogP) is 1.38. The first kappa shape index (κ1) is 14.6. The van der Waals surface area contributed by atoms with Crippen molar-refractivity contribution in [1.82, 2.24) is 4.24 Å². The van der Waals surface area contributed by atoms with Crippen LogP contribution in [0.1, 0.15) is 10.4 Å². The van der Waals surface area contributed by atoms with Crippen molar-refractivity contribution in [2.75, 3.05) is 0 Å². The van der Waals surface area contributed by atoms with Crippen molar-refractivity contribution in [2.24, 2.45) is 0 Å². The Bertz CT molecular complexity index is 629. The molecular weight excluding hydrogens is 311 g/mol. The molecule has 18 heavy (non-hydrogen) atoms. The molecule has 0 aliphatic rings. The normalized spacial score (nSPS) is 11.2. The number of carboxylic acid groups (broad SMARTS) is 1. The molecule has 98 valence electrons. The summed E-state index contributed by atoms with van der Waals surface area (Å²) in [6.45, 7) is 0. The van der Waals surface area contributed by atoms with E-state index in [0.717, 1.165) is 0 Å². The summed E-state index contributed by atoms with van der Waals surface area (Å²) in [5.41, 5.74) is -1.45. The van der Waals surface area contributed by atoms with Crippen molar-refractivity contribution in [2.45, 2.75) is 4.90 Å². The van der Waals surface area contributed by atoms with Crippen molar-refractivity contribution >= 4 is 45.1 Å². The molecule has 0 bridgehead atoms. The van der Waals surface area contributed by atoms with Crippen LogP contribution in [0.3, 0.4) is 0 Å². The van der Waals surface area contributed by atoms with Crippen LogP contribution in [-0.4, -0.2) is 24.4 Å². The number of nitrogens with zero attached hydrogens (tertiary/aromatic N) is 1. The van der Waals surface area contributed by atoms with E-state index in [1.807, 2.05) is 0 Å². The molecule has 0 saturated heterocycles. The van der Waals surface area contributed by atoms with Gasteiger partial charge in [0.15, 0.2) is 0 Å². The summed E-state index contributed by atoms with van der Waals surface area (Å²) in [7, 11) is -4.33. The molecule has 0 aromatic heterocycles. The molecule has 2 N–H and O–H groups in total. The van der Waals surface area contributed by atoms with E-state index in [1.165, 1.54) is 4.24 Å². The summed E-state index contributed by atoms with van der Waals surface area (Å²) in [4.78, 5) is 19.6. The number of carbonyl (C=O) groups is 1. The molecule has 0 aliphatic heterocycles. The molecule has 1 aromatic carbocycles. The fraction of sp³-hybridized carbons (Fsp3) is 0. The SMILES string of the molecule is O=C(O)c1cc([N+](=O)[O-])c(Cl)c(S(=O)(=O)NCl)c1. The van der Waals surface area contributed by atoms with Gasteiger partial charge < -0.3 is 5.11 Å². The lowest BCUT2D eigenvalue weighted by Crippen LogP contribution is -2.15. The van der Waals surface area contributed by atoms with Crippen molar-refractivity contribution in [1.29, 1.82) is 0 Å². The molecule has 0 fully saturated rings. The Kier molecular flexibility index (Phi) is 4.12. The lowest BCUT2D eigenvalue weighted by Gasteiger charge is -2.05. The Balaban J connectivity index is 3.72. The third-order valence-corrected chi connectivity index (χ3v) is 4.08. The smallest absolute Gasteiger partial charge is 0.335 e. The van der Waals surface area contributed by atoms with Gasteiger partial charge in [-0.3, -0.25) is 10.1 Å². The highest BCUT2D eigenvalue weighted by atomic mass is 35.5. The number of aromatic carboxylic acids is 1. The van der Waals surface area contributed by atoms with Crippen LogP contribution in [0.15, 0.2) is 17.0 Å². The molecule has 0 saturated carbocycles. The van der Waals surface area contributed by atoms with Crippen molar-refractivity contribution in [3.63, 3.8) is 0 Å². The quantitative estimate of drug-likeness (QED) is 0.491. The number of nitrogens with one attached hydrogen (secondary N) is 1. The molecule has 0 heterocycles. The van der Waals surface area contributed by atoms with Crippen molar-refractivity contribution < 1.29 is 23.2 Å². The second-order valence-electron chi connectivity index (χ2n) is 2.95. The number of rotatable bonds is 4. The number of sulfonamides is 1. The third-order valence-electron chi connectivity index (χ3n) is 1.85. The van der Waals surface area contributed by atoms with Crippen LogP contribution in [-0.2, 0) is 10.0 Å². The average Bonchev–Trinajstić information content (AvgIpc) is 2.28. The number of nitro benzene ring substituents is 1. The van der Waals surface area contributed by atoms with Gasteiger partial charge in [-0.25, -0.2) is 13.2 Å². The summed E-state index contributed by atoms with van der Waals surface area (Å²) in [6, 6.07) is 1.32. The highest BCUT2D eigenvalue weighted by Crippen LogP contribution is 2.32. The Hall–Kier alpha value is -1.42. The van der Waals surface area contributed by atoms with E-state index in [9.17, 15) is 23.3 Å². The number of hydrogen-bond acceptors (Lipinski definition) is 5. The van der Waals surface area contributed by atoms with E-state index >= 15 is 0 Å². The van der Waals surface area contributed by atoms with Crippen LogP contribution in [0.4, 0.5) is 5.69 Å². The zero-order valence-electron chi connectivity index (χ0n) is 8.25. The van der Waals surface area contributed by atoms with Crippen LogP contribution in [0, 0.1) is 10.1 Å². The summed E-state index contributed by atoms with van der Waals surface area (Å²) < 4.78 is 24.2. The Morgan fingerprint density at radius 1 is 1.44 bits per heavy atom. The van der Waals surface area contributed by atoms with Gasteiger partial charge in [0.05, 0.1) is 10.5 Å².